The lowest BCUT2D eigenvalue weighted by atomic mass is 10.1. The van der Waals surface area contributed by atoms with Crippen molar-refractivity contribution in [2.45, 2.75) is 0 Å². The number of aromatic nitrogens is 1. The van der Waals surface area contributed by atoms with Crippen LogP contribution in [-0.2, 0) is 0 Å². The Bertz CT molecular complexity index is 640. The van der Waals surface area contributed by atoms with Crippen molar-refractivity contribution in [3.05, 3.63) is 60.8 Å². The van der Waals surface area contributed by atoms with E-state index in [1.807, 2.05) is 6.07 Å². The number of benzene rings is 1. The predicted octanol–water partition coefficient (Wildman–Crippen LogP) is 2.54. The molecule has 1 amide bonds. The van der Waals surface area contributed by atoms with Crippen LogP contribution >= 0.6 is 0 Å². The molecule has 1 heterocycles. The second-order valence-corrected chi connectivity index (χ2v) is 4.44. The van der Waals surface area contributed by atoms with Gasteiger partial charge in [0.15, 0.2) is 0 Å². The highest BCUT2D eigenvalue weighted by Gasteiger charge is 2.18. The Hall–Kier alpha value is -2.82. The molecular formula is C16H18N4O. The largest absolute Gasteiger partial charge is 0.397 e. The van der Waals surface area contributed by atoms with Crippen LogP contribution in [0.25, 0.3) is 0 Å². The summed E-state index contributed by atoms with van der Waals surface area (Å²) in [5.74, 6) is 0.418. The van der Waals surface area contributed by atoms with Gasteiger partial charge in [-0.25, -0.2) is 4.98 Å². The number of pyridine rings is 1. The first-order chi connectivity index (χ1) is 10.2. The third kappa shape index (κ3) is 3.20. The Balaban J connectivity index is 2.35. The maximum atomic E-state index is 12.6. The van der Waals surface area contributed by atoms with Gasteiger partial charge in [-0.2, -0.15) is 0 Å². The molecule has 3 N–H and O–H groups in total. The first kappa shape index (κ1) is 14.6. The summed E-state index contributed by atoms with van der Waals surface area (Å²) in [7, 11) is 1.78. The fourth-order valence-corrected chi connectivity index (χ4v) is 2.00. The Labute approximate surface area is 124 Å². The maximum Gasteiger partial charge on any atom is 0.259 e. The van der Waals surface area contributed by atoms with Crippen LogP contribution in [0.15, 0.2) is 55.3 Å². The number of hydrogen-bond donors (Lipinski definition) is 2. The molecule has 2 aromatic rings. The zero-order chi connectivity index (χ0) is 15.2. The molecular weight excluding hydrogens is 264 g/mol. The summed E-state index contributed by atoms with van der Waals surface area (Å²) >= 11 is 0. The molecule has 0 radical (unpaired) electrons. The highest BCUT2D eigenvalue weighted by atomic mass is 16.2. The molecule has 1 aromatic heterocycles. The van der Waals surface area contributed by atoms with Gasteiger partial charge in [-0.05, 0) is 30.3 Å². The number of amides is 1. The van der Waals surface area contributed by atoms with Crippen LogP contribution in [0.1, 0.15) is 10.4 Å². The number of carbonyl (C=O) groups is 1. The van der Waals surface area contributed by atoms with E-state index in [1.54, 1.807) is 54.6 Å². The van der Waals surface area contributed by atoms with E-state index in [4.69, 9.17) is 5.73 Å². The summed E-state index contributed by atoms with van der Waals surface area (Å²) in [6.45, 7) is 4.07. The Morgan fingerprint density at radius 2 is 2.24 bits per heavy atom. The first-order valence-corrected chi connectivity index (χ1v) is 6.58. The van der Waals surface area contributed by atoms with Crippen molar-refractivity contribution in [2.24, 2.45) is 0 Å². The lowest BCUT2D eigenvalue weighted by Gasteiger charge is -2.20. The molecule has 0 saturated carbocycles. The standard InChI is InChI=1S/C16H18N4O/c1-3-10-20(15-6-4-5-9-19-15)16(21)12-7-8-14(18-2)13(17)11-12/h3-9,11,18H,1,10,17H2,2H3. The van der Waals surface area contributed by atoms with E-state index in [0.29, 0.717) is 23.6 Å². The molecule has 0 aliphatic carbocycles. The molecule has 0 unspecified atom stereocenters. The van der Waals surface area contributed by atoms with Crippen molar-refractivity contribution < 1.29 is 4.79 Å². The van der Waals surface area contributed by atoms with E-state index in [0.717, 1.165) is 5.69 Å². The van der Waals surface area contributed by atoms with Crippen LogP contribution in [0.4, 0.5) is 17.2 Å². The lowest BCUT2D eigenvalue weighted by Crippen LogP contribution is -2.31. The fraction of sp³-hybridized carbons (Fsp3) is 0.125. The van der Waals surface area contributed by atoms with Gasteiger partial charge in [0.1, 0.15) is 5.82 Å². The maximum absolute atomic E-state index is 12.6. The summed E-state index contributed by atoms with van der Waals surface area (Å²) in [4.78, 5) is 18.4. The third-order valence-corrected chi connectivity index (χ3v) is 3.05. The van der Waals surface area contributed by atoms with Crippen molar-refractivity contribution in [3.8, 4) is 0 Å². The van der Waals surface area contributed by atoms with Gasteiger partial charge in [0.25, 0.3) is 5.91 Å². The molecule has 5 heteroatoms. The molecule has 0 aliphatic heterocycles. The highest BCUT2D eigenvalue weighted by Crippen LogP contribution is 2.21. The first-order valence-electron chi connectivity index (χ1n) is 6.58. The second kappa shape index (κ2) is 6.56. The summed E-state index contributed by atoms with van der Waals surface area (Å²) in [5.41, 5.74) is 7.75. The minimum Gasteiger partial charge on any atom is -0.397 e. The molecule has 0 aliphatic rings. The van der Waals surface area contributed by atoms with Crippen LogP contribution in [0.5, 0.6) is 0 Å². The van der Waals surface area contributed by atoms with E-state index in [2.05, 4.69) is 16.9 Å². The van der Waals surface area contributed by atoms with E-state index >= 15 is 0 Å². The summed E-state index contributed by atoms with van der Waals surface area (Å²) in [6.07, 6.45) is 3.31. The molecule has 0 fully saturated rings. The van der Waals surface area contributed by atoms with Crippen molar-refractivity contribution in [3.63, 3.8) is 0 Å². The van der Waals surface area contributed by atoms with Gasteiger partial charge < -0.3 is 11.1 Å². The number of nitrogens with zero attached hydrogens (tertiary/aromatic N) is 2. The topological polar surface area (TPSA) is 71.2 Å². The molecule has 1 aromatic carbocycles. The SMILES string of the molecule is C=CCN(C(=O)c1ccc(NC)c(N)c1)c1ccccn1. The predicted molar refractivity (Wildman–Crippen MR) is 86.5 cm³/mol. The van der Waals surface area contributed by atoms with Gasteiger partial charge in [-0.3, -0.25) is 9.69 Å². The van der Waals surface area contributed by atoms with Crippen molar-refractivity contribution in [2.75, 3.05) is 29.5 Å². The Kier molecular flexibility index (Phi) is 4.56. The zero-order valence-electron chi connectivity index (χ0n) is 11.9. The van der Waals surface area contributed by atoms with Gasteiger partial charge in [-0.1, -0.05) is 12.1 Å². The van der Waals surface area contributed by atoms with Crippen LogP contribution in [0.3, 0.4) is 0 Å². The minimum absolute atomic E-state index is 0.164. The highest BCUT2D eigenvalue weighted by molar-refractivity contribution is 6.06. The zero-order valence-corrected chi connectivity index (χ0v) is 11.9. The van der Waals surface area contributed by atoms with Crippen molar-refractivity contribution >= 4 is 23.1 Å². The van der Waals surface area contributed by atoms with Crippen molar-refractivity contribution in [1.82, 2.24) is 4.98 Å². The summed E-state index contributed by atoms with van der Waals surface area (Å²) in [5, 5.41) is 2.97. The second-order valence-electron chi connectivity index (χ2n) is 4.44. The van der Waals surface area contributed by atoms with Crippen molar-refractivity contribution in [1.29, 1.82) is 0 Å². The average molecular weight is 282 g/mol. The summed E-state index contributed by atoms with van der Waals surface area (Å²) < 4.78 is 0. The van der Waals surface area contributed by atoms with Gasteiger partial charge in [0.2, 0.25) is 0 Å². The van der Waals surface area contributed by atoms with E-state index < -0.39 is 0 Å². The summed E-state index contributed by atoms with van der Waals surface area (Å²) in [6, 6.07) is 10.6. The molecule has 2 rings (SSSR count). The number of hydrogen-bond acceptors (Lipinski definition) is 4. The van der Waals surface area contributed by atoms with Gasteiger partial charge in [0, 0.05) is 25.4 Å². The van der Waals surface area contributed by atoms with E-state index in [1.165, 1.54) is 0 Å². The van der Waals surface area contributed by atoms with Crippen LogP contribution in [0, 0.1) is 0 Å². The third-order valence-electron chi connectivity index (χ3n) is 3.05. The lowest BCUT2D eigenvalue weighted by molar-refractivity contribution is 0.0989. The van der Waals surface area contributed by atoms with Gasteiger partial charge >= 0.3 is 0 Å². The number of nitrogens with one attached hydrogen (secondary N) is 1. The van der Waals surface area contributed by atoms with Gasteiger partial charge in [-0.15, -0.1) is 6.58 Å². The van der Waals surface area contributed by atoms with E-state index in [9.17, 15) is 4.79 Å². The molecule has 0 saturated heterocycles. The Morgan fingerprint density at radius 3 is 2.81 bits per heavy atom. The number of anilines is 3. The molecule has 0 spiro atoms. The Morgan fingerprint density at radius 1 is 1.43 bits per heavy atom. The number of nitrogens with two attached hydrogens (primary N) is 1. The number of carbonyl (C=O) groups excluding carboxylic acids is 1. The van der Waals surface area contributed by atoms with Gasteiger partial charge in [0.05, 0.1) is 11.4 Å². The number of nitrogen functional groups attached to an aromatic ring is 1. The quantitative estimate of drug-likeness (QED) is 0.653. The fourth-order valence-electron chi connectivity index (χ4n) is 2.00. The minimum atomic E-state index is -0.164. The molecule has 5 nitrogen and oxygen atoms in total. The monoisotopic (exact) mass is 282 g/mol. The molecule has 0 bridgehead atoms. The molecule has 108 valence electrons. The molecule has 21 heavy (non-hydrogen) atoms. The smallest absolute Gasteiger partial charge is 0.259 e. The number of rotatable bonds is 5. The van der Waals surface area contributed by atoms with Crippen LogP contribution < -0.4 is 16.0 Å². The normalized spacial score (nSPS) is 9.95. The average Bonchev–Trinajstić information content (AvgIpc) is 2.52. The van der Waals surface area contributed by atoms with Crippen LogP contribution in [0.2, 0.25) is 0 Å². The molecule has 0 atom stereocenters. The van der Waals surface area contributed by atoms with Crippen LogP contribution in [-0.4, -0.2) is 24.5 Å². The van der Waals surface area contributed by atoms with E-state index in [-0.39, 0.29) is 5.91 Å².